The number of carbonyl (C=O) groups is 2. The van der Waals surface area contributed by atoms with Crippen molar-refractivity contribution in [3.05, 3.63) is 72.3 Å². The fourth-order valence-corrected chi connectivity index (χ4v) is 2.49. The van der Waals surface area contributed by atoms with Gasteiger partial charge in [0.15, 0.2) is 0 Å². The Labute approximate surface area is 153 Å². The number of nitrogens with one attached hydrogen (secondary N) is 2. The number of rotatable bonds is 3. The van der Waals surface area contributed by atoms with Crippen molar-refractivity contribution in [2.24, 2.45) is 5.41 Å². The van der Waals surface area contributed by atoms with Crippen LogP contribution in [0.4, 0.5) is 11.4 Å². The molecule has 26 heavy (non-hydrogen) atoms. The number of hydrogen-bond donors (Lipinski definition) is 2. The molecular weight excluding hydrogens is 324 g/mol. The Kier molecular flexibility index (Phi) is 4.76. The number of carbonyl (C=O) groups excluding carboxylic acids is 2. The molecule has 0 aliphatic carbocycles. The Morgan fingerprint density at radius 3 is 2.00 bits per heavy atom. The second-order valence-electron chi connectivity index (χ2n) is 7.30. The topological polar surface area (TPSA) is 58.2 Å². The number of fused-ring (bicyclic) bond motifs is 1. The van der Waals surface area contributed by atoms with Crippen LogP contribution in [-0.2, 0) is 4.79 Å². The summed E-state index contributed by atoms with van der Waals surface area (Å²) in [6.45, 7) is 5.56. The molecule has 132 valence electrons. The summed E-state index contributed by atoms with van der Waals surface area (Å²) in [6.07, 6.45) is 0. The third kappa shape index (κ3) is 4.09. The Bertz CT molecular complexity index is 954. The largest absolute Gasteiger partial charge is 0.326 e. The molecule has 3 aromatic rings. The molecule has 0 aromatic heterocycles. The maximum atomic E-state index is 12.4. The monoisotopic (exact) mass is 346 g/mol. The van der Waals surface area contributed by atoms with Crippen LogP contribution in [0.2, 0.25) is 0 Å². The summed E-state index contributed by atoms with van der Waals surface area (Å²) in [6, 6.07) is 20.7. The summed E-state index contributed by atoms with van der Waals surface area (Å²) in [5.74, 6) is -0.250. The molecule has 2 N–H and O–H groups in total. The van der Waals surface area contributed by atoms with Crippen molar-refractivity contribution >= 4 is 34.0 Å². The first kappa shape index (κ1) is 17.7. The van der Waals surface area contributed by atoms with Crippen molar-refractivity contribution in [1.29, 1.82) is 0 Å². The Morgan fingerprint density at radius 2 is 1.35 bits per heavy atom. The van der Waals surface area contributed by atoms with Gasteiger partial charge in [-0.25, -0.2) is 0 Å². The van der Waals surface area contributed by atoms with Gasteiger partial charge < -0.3 is 10.6 Å². The highest BCUT2D eigenvalue weighted by molar-refractivity contribution is 6.05. The Balaban J connectivity index is 1.70. The zero-order valence-electron chi connectivity index (χ0n) is 15.2. The van der Waals surface area contributed by atoms with Crippen molar-refractivity contribution in [1.82, 2.24) is 0 Å². The van der Waals surface area contributed by atoms with Crippen LogP contribution >= 0.6 is 0 Å². The van der Waals surface area contributed by atoms with Gasteiger partial charge in [-0.3, -0.25) is 9.59 Å². The molecule has 0 bridgehead atoms. The molecule has 0 spiro atoms. The van der Waals surface area contributed by atoms with E-state index < -0.39 is 5.41 Å². The first-order valence-electron chi connectivity index (χ1n) is 8.54. The molecule has 0 heterocycles. The molecule has 3 rings (SSSR count). The predicted octanol–water partition coefficient (Wildman–Crippen LogP) is 5.08. The van der Waals surface area contributed by atoms with E-state index in [0.717, 1.165) is 16.5 Å². The predicted molar refractivity (Wildman–Crippen MR) is 106 cm³/mol. The molecule has 4 nitrogen and oxygen atoms in total. The summed E-state index contributed by atoms with van der Waals surface area (Å²) in [5.41, 5.74) is 1.49. The van der Waals surface area contributed by atoms with Gasteiger partial charge in [-0.2, -0.15) is 0 Å². The molecule has 2 amide bonds. The van der Waals surface area contributed by atoms with Crippen molar-refractivity contribution in [2.75, 3.05) is 10.6 Å². The third-order valence-electron chi connectivity index (χ3n) is 4.09. The Hall–Kier alpha value is -3.14. The molecular formula is C22H22N2O2. The van der Waals surface area contributed by atoms with Crippen molar-refractivity contribution in [3.8, 4) is 0 Å². The van der Waals surface area contributed by atoms with Gasteiger partial charge in [0, 0.05) is 22.4 Å². The summed E-state index contributed by atoms with van der Waals surface area (Å²) in [5, 5.41) is 7.96. The lowest BCUT2D eigenvalue weighted by Crippen LogP contribution is -2.27. The SMILES string of the molecule is CC(C)(C)C(=O)Nc1ccc(C(=O)Nc2ccc3ccccc3c2)cc1. The van der Waals surface area contributed by atoms with Gasteiger partial charge in [0.05, 0.1) is 0 Å². The second-order valence-corrected chi connectivity index (χ2v) is 7.30. The number of benzene rings is 3. The summed E-state index contributed by atoms with van der Waals surface area (Å²) in [4.78, 5) is 24.5. The van der Waals surface area contributed by atoms with Crippen LogP contribution in [0.25, 0.3) is 10.8 Å². The van der Waals surface area contributed by atoms with Gasteiger partial charge in [0.25, 0.3) is 5.91 Å². The van der Waals surface area contributed by atoms with E-state index in [2.05, 4.69) is 10.6 Å². The lowest BCUT2D eigenvalue weighted by Gasteiger charge is -2.17. The van der Waals surface area contributed by atoms with Gasteiger partial charge in [0.2, 0.25) is 5.91 Å². The molecule has 0 fully saturated rings. The quantitative estimate of drug-likeness (QED) is 0.695. The maximum absolute atomic E-state index is 12.4. The number of amides is 2. The molecule has 0 unspecified atom stereocenters. The van der Waals surface area contributed by atoms with Crippen LogP contribution in [-0.4, -0.2) is 11.8 Å². The van der Waals surface area contributed by atoms with Gasteiger partial charge >= 0.3 is 0 Å². The fraction of sp³-hybridized carbons (Fsp3) is 0.182. The minimum atomic E-state index is -0.466. The first-order chi connectivity index (χ1) is 12.3. The molecule has 0 atom stereocenters. The minimum Gasteiger partial charge on any atom is -0.326 e. The van der Waals surface area contributed by atoms with Crippen LogP contribution in [0.1, 0.15) is 31.1 Å². The number of hydrogen-bond acceptors (Lipinski definition) is 2. The van der Waals surface area contributed by atoms with Crippen LogP contribution in [0.5, 0.6) is 0 Å². The average Bonchev–Trinajstić information content (AvgIpc) is 2.61. The van der Waals surface area contributed by atoms with Crippen molar-refractivity contribution in [3.63, 3.8) is 0 Å². The van der Waals surface area contributed by atoms with Gasteiger partial charge in [-0.15, -0.1) is 0 Å². The highest BCUT2D eigenvalue weighted by Crippen LogP contribution is 2.20. The van der Waals surface area contributed by atoms with Crippen LogP contribution < -0.4 is 10.6 Å². The summed E-state index contributed by atoms with van der Waals surface area (Å²) < 4.78 is 0. The van der Waals surface area contributed by atoms with Crippen molar-refractivity contribution in [2.45, 2.75) is 20.8 Å². The summed E-state index contributed by atoms with van der Waals surface area (Å²) in [7, 11) is 0. The third-order valence-corrected chi connectivity index (χ3v) is 4.09. The normalized spacial score (nSPS) is 11.2. The number of anilines is 2. The van der Waals surface area contributed by atoms with Gasteiger partial charge in [-0.1, -0.05) is 51.1 Å². The Morgan fingerprint density at radius 1 is 0.731 bits per heavy atom. The summed E-state index contributed by atoms with van der Waals surface area (Å²) >= 11 is 0. The highest BCUT2D eigenvalue weighted by Gasteiger charge is 2.21. The van der Waals surface area contributed by atoms with E-state index in [0.29, 0.717) is 11.3 Å². The molecule has 3 aromatic carbocycles. The lowest BCUT2D eigenvalue weighted by atomic mass is 9.95. The van der Waals surface area contributed by atoms with Gasteiger partial charge in [-0.05, 0) is 47.2 Å². The molecule has 0 aliphatic rings. The zero-order chi connectivity index (χ0) is 18.7. The maximum Gasteiger partial charge on any atom is 0.255 e. The lowest BCUT2D eigenvalue weighted by molar-refractivity contribution is -0.123. The van der Waals surface area contributed by atoms with Crippen LogP contribution in [0, 0.1) is 5.41 Å². The van der Waals surface area contributed by atoms with Gasteiger partial charge in [0.1, 0.15) is 0 Å². The molecule has 0 aliphatic heterocycles. The molecule has 0 radical (unpaired) electrons. The standard InChI is InChI=1S/C22H22N2O2/c1-22(2,3)21(26)24-18-11-9-16(10-12-18)20(25)23-19-13-8-15-6-4-5-7-17(15)14-19/h4-14H,1-3H3,(H,23,25)(H,24,26). The van der Waals surface area contributed by atoms with E-state index in [1.807, 2.05) is 63.2 Å². The highest BCUT2D eigenvalue weighted by atomic mass is 16.2. The smallest absolute Gasteiger partial charge is 0.255 e. The first-order valence-corrected chi connectivity index (χ1v) is 8.54. The molecule has 0 saturated heterocycles. The van der Waals surface area contributed by atoms with E-state index in [1.54, 1.807) is 24.3 Å². The van der Waals surface area contributed by atoms with E-state index in [9.17, 15) is 9.59 Å². The molecule has 0 saturated carbocycles. The van der Waals surface area contributed by atoms with Crippen LogP contribution in [0.15, 0.2) is 66.7 Å². The molecule has 4 heteroatoms. The average molecular weight is 346 g/mol. The van der Waals surface area contributed by atoms with E-state index in [4.69, 9.17) is 0 Å². The second kappa shape index (κ2) is 7.00. The van der Waals surface area contributed by atoms with Crippen molar-refractivity contribution < 1.29 is 9.59 Å². The van der Waals surface area contributed by atoms with E-state index in [1.165, 1.54) is 0 Å². The van der Waals surface area contributed by atoms with Crippen LogP contribution in [0.3, 0.4) is 0 Å². The van der Waals surface area contributed by atoms with E-state index >= 15 is 0 Å². The fourth-order valence-electron chi connectivity index (χ4n) is 2.49. The van der Waals surface area contributed by atoms with E-state index in [-0.39, 0.29) is 11.8 Å². The zero-order valence-corrected chi connectivity index (χ0v) is 15.2. The minimum absolute atomic E-state index is 0.0640.